The molecule has 0 spiro atoms. The highest BCUT2D eigenvalue weighted by molar-refractivity contribution is 8.00. The summed E-state index contributed by atoms with van der Waals surface area (Å²) < 4.78 is 48.1. The molecule has 0 radical (unpaired) electrons. The number of aryl methyl sites for hydroxylation is 1. The molecule has 4 N–H and O–H groups in total. The summed E-state index contributed by atoms with van der Waals surface area (Å²) >= 11 is 1.21. The molecule has 1 unspecified atom stereocenters. The molecule has 1 aromatic heterocycles. The molecule has 3 aromatic rings. The molecule has 2 fully saturated rings. The minimum Gasteiger partial charge on any atom is -0.394 e. The van der Waals surface area contributed by atoms with Crippen molar-refractivity contribution in [1.82, 2.24) is 15.0 Å². The third-order valence-electron chi connectivity index (χ3n) is 7.58. The molecule has 1 aliphatic heterocycles. The summed E-state index contributed by atoms with van der Waals surface area (Å²) in [5.74, 6) is -4.08. The minimum atomic E-state index is -1.61. The SMILES string of the molecule is Cc1ccccc1C(S[C@@H]1O[C@H](CO)[C@H](O)[C@H](n2cc(-c3cc(F)c(F)c(F)c3)nn2)[C@H]1O)C1(O)CC(C)C1. The molecule has 210 valence electrons. The molecule has 2 heterocycles. The van der Waals surface area contributed by atoms with E-state index in [4.69, 9.17) is 4.74 Å². The zero-order chi connectivity index (χ0) is 28.1. The van der Waals surface area contributed by atoms with Crippen molar-refractivity contribution in [3.63, 3.8) is 0 Å². The lowest BCUT2D eigenvalue weighted by Gasteiger charge is -2.50. The van der Waals surface area contributed by atoms with Gasteiger partial charge in [-0.1, -0.05) is 36.4 Å². The zero-order valence-electron chi connectivity index (χ0n) is 21.3. The van der Waals surface area contributed by atoms with Gasteiger partial charge in [0.1, 0.15) is 35.5 Å². The maximum absolute atomic E-state index is 13.8. The van der Waals surface area contributed by atoms with Gasteiger partial charge in [0.15, 0.2) is 17.5 Å². The molecule has 0 amide bonds. The maximum atomic E-state index is 13.8. The van der Waals surface area contributed by atoms with Gasteiger partial charge in [-0.25, -0.2) is 17.9 Å². The third-order valence-corrected chi connectivity index (χ3v) is 9.20. The van der Waals surface area contributed by atoms with Gasteiger partial charge in [-0.05, 0) is 48.9 Å². The van der Waals surface area contributed by atoms with E-state index in [0.29, 0.717) is 18.8 Å². The van der Waals surface area contributed by atoms with Crippen LogP contribution in [-0.4, -0.2) is 71.4 Å². The van der Waals surface area contributed by atoms with E-state index < -0.39 is 64.7 Å². The first kappa shape index (κ1) is 28.1. The fraction of sp³-hybridized carbons (Fsp3) is 0.481. The van der Waals surface area contributed by atoms with E-state index in [1.54, 1.807) is 0 Å². The molecule has 5 rings (SSSR count). The van der Waals surface area contributed by atoms with E-state index in [1.807, 2.05) is 31.2 Å². The van der Waals surface area contributed by atoms with E-state index in [2.05, 4.69) is 17.2 Å². The average molecular weight is 566 g/mol. The number of aromatic nitrogens is 3. The Bertz CT molecular complexity index is 1310. The van der Waals surface area contributed by atoms with Crippen molar-refractivity contribution in [1.29, 1.82) is 0 Å². The normalized spacial score (nSPS) is 31.6. The standard InChI is InChI=1S/C27H30F3N3O5S/c1-13-9-27(37,10-13)25(16-6-4-3-5-14(16)2)39-26-24(36)22(23(35)20(12-34)38-26)33-11-19(31-32-33)15-7-17(28)21(30)18(29)8-15/h3-8,11,13,20,22-26,34-37H,9-10,12H2,1-2H3/t13?,20-,22+,23+,24-,25?,26+,27?/m1/s1. The fourth-order valence-corrected chi connectivity index (χ4v) is 7.27. The van der Waals surface area contributed by atoms with Gasteiger partial charge in [0, 0.05) is 5.56 Å². The molecule has 1 saturated heterocycles. The van der Waals surface area contributed by atoms with Crippen molar-refractivity contribution < 1.29 is 38.3 Å². The molecule has 6 atom stereocenters. The van der Waals surface area contributed by atoms with Gasteiger partial charge >= 0.3 is 0 Å². The second kappa shape index (κ2) is 10.8. The van der Waals surface area contributed by atoms with Crippen LogP contribution in [0.1, 0.15) is 42.2 Å². The van der Waals surface area contributed by atoms with Crippen LogP contribution in [0.5, 0.6) is 0 Å². The van der Waals surface area contributed by atoms with Gasteiger partial charge < -0.3 is 25.2 Å². The van der Waals surface area contributed by atoms with Gasteiger partial charge in [0.2, 0.25) is 0 Å². The summed E-state index contributed by atoms with van der Waals surface area (Å²) in [5.41, 5.74) is -0.286. The lowest BCUT2D eigenvalue weighted by atomic mass is 9.68. The van der Waals surface area contributed by atoms with E-state index >= 15 is 0 Å². The number of aliphatic hydroxyl groups is 4. The summed E-state index contributed by atoms with van der Waals surface area (Å²) in [5, 5.41) is 51.2. The van der Waals surface area contributed by atoms with Crippen LogP contribution in [-0.2, 0) is 4.74 Å². The average Bonchev–Trinajstić information content (AvgIpc) is 3.36. The van der Waals surface area contributed by atoms with Crippen LogP contribution in [0.15, 0.2) is 42.6 Å². The highest BCUT2D eigenvalue weighted by Crippen LogP contribution is 2.55. The molecular weight excluding hydrogens is 535 g/mol. The summed E-state index contributed by atoms with van der Waals surface area (Å²) in [4.78, 5) is 0. The zero-order valence-corrected chi connectivity index (χ0v) is 22.1. The molecule has 1 aliphatic carbocycles. The van der Waals surface area contributed by atoms with Gasteiger partial charge in [0.25, 0.3) is 0 Å². The van der Waals surface area contributed by atoms with Crippen molar-refractivity contribution in [2.75, 3.05) is 6.61 Å². The summed E-state index contributed by atoms with van der Waals surface area (Å²) in [6.07, 6.45) is -1.50. The topological polar surface area (TPSA) is 121 Å². The first-order valence-electron chi connectivity index (χ1n) is 12.6. The number of nitrogens with zero attached hydrogens (tertiary/aromatic N) is 3. The van der Waals surface area contributed by atoms with Crippen molar-refractivity contribution >= 4 is 11.8 Å². The van der Waals surface area contributed by atoms with Gasteiger partial charge in [-0.3, -0.25) is 0 Å². The molecule has 8 nitrogen and oxygen atoms in total. The monoisotopic (exact) mass is 565 g/mol. The van der Waals surface area contributed by atoms with Gasteiger partial charge in [-0.15, -0.1) is 16.9 Å². The number of aliphatic hydroxyl groups excluding tert-OH is 3. The minimum absolute atomic E-state index is 0.0148. The smallest absolute Gasteiger partial charge is 0.194 e. The Kier molecular flexibility index (Phi) is 7.79. The Balaban J connectivity index is 1.46. The molecule has 0 bridgehead atoms. The van der Waals surface area contributed by atoms with E-state index in [1.165, 1.54) is 18.0 Å². The number of benzene rings is 2. The lowest BCUT2D eigenvalue weighted by molar-refractivity contribution is -0.179. The Morgan fingerprint density at radius 2 is 1.79 bits per heavy atom. The van der Waals surface area contributed by atoms with E-state index in [9.17, 15) is 33.6 Å². The van der Waals surface area contributed by atoms with Gasteiger partial charge in [-0.2, -0.15) is 0 Å². The second-order valence-corrected chi connectivity index (χ2v) is 11.7. The predicted octanol–water partition coefficient (Wildman–Crippen LogP) is 3.29. The molecule has 39 heavy (non-hydrogen) atoms. The summed E-state index contributed by atoms with van der Waals surface area (Å²) in [7, 11) is 0. The quantitative estimate of drug-likeness (QED) is 0.322. The Labute approximate surface area is 227 Å². The van der Waals surface area contributed by atoms with Crippen LogP contribution < -0.4 is 0 Å². The van der Waals surface area contributed by atoms with Crippen molar-refractivity contribution in [3.05, 3.63) is 71.2 Å². The number of hydrogen-bond donors (Lipinski definition) is 4. The predicted molar refractivity (Wildman–Crippen MR) is 137 cm³/mol. The van der Waals surface area contributed by atoms with E-state index in [0.717, 1.165) is 27.9 Å². The highest BCUT2D eigenvalue weighted by atomic mass is 32.2. The van der Waals surface area contributed by atoms with Crippen LogP contribution in [0.25, 0.3) is 11.3 Å². The molecular formula is C27H30F3N3O5S. The number of ether oxygens (including phenoxy) is 1. The number of rotatable bonds is 7. The number of hydrogen-bond acceptors (Lipinski definition) is 8. The fourth-order valence-electron chi connectivity index (χ4n) is 5.62. The van der Waals surface area contributed by atoms with Crippen LogP contribution in [0.2, 0.25) is 0 Å². The molecule has 12 heteroatoms. The molecule has 2 aromatic carbocycles. The van der Waals surface area contributed by atoms with Crippen LogP contribution in [0.4, 0.5) is 13.2 Å². The largest absolute Gasteiger partial charge is 0.394 e. The van der Waals surface area contributed by atoms with Crippen molar-refractivity contribution in [2.45, 2.75) is 67.3 Å². The Morgan fingerprint density at radius 3 is 2.41 bits per heavy atom. The number of halogens is 3. The van der Waals surface area contributed by atoms with Crippen molar-refractivity contribution in [3.8, 4) is 11.3 Å². The van der Waals surface area contributed by atoms with Crippen LogP contribution in [0, 0.1) is 30.3 Å². The first-order valence-corrected chi connectivity index (χ1v) is 13.6. The van der Waals surface area contributed by atoms with E-state index in [-0.39, 0.29) is 11.3 Å². The van der Waals surface area contributed by atoms with Crippen LogP contribution >= 0.6 is 11.8 Å². The Morgan fingerprint density at radius 1 is 1.13 bits per heavy atom. The van der Waals surface area contributed by atoms with Crippen LogP contribution in [0.3, 0.4) is 0 Å². The maximum Gasteiger partial charge on any atom is 0.194 e. The van der Waals surface area contributed by atoms with Crippen molar-refractivity contribution in [2.24, 2.45) is 5.92 Å². The highest BCUT2D eigenvalue weighted by Gasteiger charge is 2.52. The Hall–Kier alpha value is -2.48. The number of thioether (sulfide) groups is 1. The third kappa shape index (κ3) is 5.21. The van der Waals surface area contributed by atoms with Gasteiger partial charge in [0.05, 0.1) is 23.7 Å². The second-order valence-electron chi connectivity index (χ2n) is 10.5. The summed E-state index contributed by atoms with van der Waals surface area (Å²) in [6.45, 7) is 3.43. The summed E-state index contributed by atoms with van der Waals surface area (Å²) in [6, 6.07) is 8.02. The lowest BCUT2D eigenvalue weighted by Crippen LogP contribution is -2.56. The molecule has 1 saturated carbocycles. The first-order chi connectivity index (χ1) is 18.5. The molecule has 2 aliphatic rings.